The second-order valence-corrected chi connectivity index (χ2v) is 9.15. The second-order valence-electron chi connectivity index (χ2n) is 8.34. The Balaban J connectivity index is 1.59. The number of nitrogens with one attached hydrogen (secondary N) is 1. The lowest BCUT2D eigenvalue weighted by Gasteiger charge is -2.28. The largest absolute Gasteiger partial charge is 0.507 e. The summed E-state index contributed by atoms with van der Waals surface area (Å²) in [5.74, 6) is 0.127. The maximum absolute atomic E-state index is 14.8. The average Bonchev–Trinajstić information content (AvgIpc) is 3.18. The number of rotatable bonds is 4. The molecule has 180 valence electrons. The van der Waals surface area contributed by atoms with Gasteiger partial charge in [0.25, 0.3) is 0 Å². The van der Waals surface area contributed by atoms with Crippen molar-refractivity contribution in [2.75, 3.05) is 31.1 Å². The van der Waals surface area contributed by atoms with Crippen molar-refractivity contribution in [3.8, 4) is 33.7 Å². The number of pyridine rings is 1. The van der Waals surface area contributed by atoms with Crippen LogP contribution in [0.15, 0.2) is 59.8 Å². The number of imidazole rings is 1. The van der Waals surface area contributed by atoms with Crippen molar-refractivity contribution in [3.05, 3.63) is 81.3 Å². The van der Waals surface area contributed by atoms with E-state index in [-0.39, 0.29) is 27.0 Å². The van der Waals surface area contributed by atoms with Crippen molar-refractivity contribution < 1.29 is 9.50 Å². The molecule has 0 radical (unpaired) electrons. The maximum Gasteiger partial charge on any atom is 0.332 e. The molecule has 2 aromatic heterocycles. The minimum atomic E-state index is -0.524. The zero-order valence-corrected chi connectivity index (χ0v) is 20.3. The third kappa shape index (κ3) is 4.40. The molecule has 1 aliphatic rings. The summed E-state index contributed by atoms with van der Waals surface area (Å²) >= 11 is 13.0. The molecular formula is C25H22Cl2FN5O2. The van der Waals surface area contributed by atoms with Gasteiger partial charge in [0.15, 0.2) is 0 Å². The van der Waals surface area contributed by atoms with Gasteiger partial charge in [-0.05, 0) is 47.5 Å². The van der Waals surface area contributed by atoms with Crippen LogP contribution in [0.2, 0.25) is 10.0 Å². The maximum atomic E-state index is 14.8. The Kier molecular flexibility index (Phi) is 6.27. The van der Waals surface area contributed by atoms with Crippen molar-refractivity contribution in [2.45, 2.75) is 0 Å². The van der Waals surface area contributed by atoms with E-state index in [1.165, 1.54) is 21.3 Å². The summed E-state index contributed by atoms with van der Waals surface area (Å²) in [5, 5.41) is 14.9. The summed E-state index contributed by atoms with van der Waals surface area (Å²) in [6, 6.07) is 9.20. The summed E-state index contributed by atoms with van der Waals surface area (Å²) in [7, 11) is 1.62. The highest BCUT2D eigenvalue weighted by Gasteiger charge is 2.19. The van der Waals surface area contributed by atoms with Gasteiger partial charge in [-0.3, -0.25) is 4.57 Å². The van der Waals surface area contributed by atoms with Gasteiger partial charge in [-0.15, -0.1) is 0 Å². The van der Waals surface area contributed by atoms with Crippen LogP contribution < -0.4 is 15.9 Å². The number of hydrogen-bond donors (Lipinski definition) is 2. The van der Waals surface area contributed by atoms with Crippen LogP contribution in [0.3, 0.4) is 0 Å². The number of aromatic nitrogens is 3. The molecule has 3 heterocycles. The quantitative estimate of drug-likeness (QED) is 0.421. The Bertz CT molecular complexity index is 1450. The minimum absolute atomic E-state index is 0.111. The van der Waals surface area contributed by atoms with Gasteiger partial charge in [0, 0.05) is 62.9 Å². The van der Waals surface area contributed by atoms with Crippen LogP contribution in [-0.4, -0.2) is 45.4 Å². The van der Waals surface area contributed by atoms with Crippen LogP contribution in [0.25, 0.3) is 27.9 Å². The second kappa shape index (κ2) is 9.37. The van der Waals surface area contributed by atoms with Crippen molar-refractivity contribution >= 4 is 29.0 Å². The molecule has 5 rings (SSSR count). The van der Waals surface area contributed by atoms with Gasteiger partial charge < -0.3 is 19.9 Å². The molecule has 0 unspecified atom stereocenters. The first-order chi connectivity index (χ1) is 16.8. The molecule has 0 aliphatic carbocycles. The van der Waals surface area contributed by atoms with Gasteiger partial charge in [-0.1, -0.05) is 23.2 Å². The molecule has 1 saturated heterocycles. The Labute approximate surface area is 211 Å². The van der Waals surface area contributed by atoms with Crippen LogP contribution in [0, 0.1) is 5.82 Å². The summed E-state index contributed by atoms with van der Waals surface area (Å²) in [4.78, 5) is 19.0. The highest BCUT2D eigenvalue weighted by atomic mass is 35.5. The molecule has 0 amide bonds. The lowest BCUT2D eigenvalue weighted by Crippen LogP contribution is -2.43. The molecule has 0 saturated carbocycles. The van der Waals surface area contributed by atoms with Crippen LogP contribution >= 0.6 is 23.2 Å². The van der Waals surface area contributed by atoms with Crippen molar-refractivity contribution in [3.63, 3.8) is 0 Å². The summed E-state index contributed by atoms with van der Waals surface area (Å²) in [6.07, 6.45) is 4.81. The fourth-order valence-electron chi connectivity index (χ4n) is 4.28. The van der Waals surface area contributed by atoms with Gasteiger partial charge >= 0.3 is 5.69 Å². The van der Waals surface area contributed by atoms with E-state index < -0.39 is 5.82 Å². The van der Waals surface area contributed by atoms with E-state index in [0.29, 0.717) is 22.4 Å². The van der Waals surface area contributed by atoms with Gasteiger partial charge in [0.05, 0.1) is 15.7 Å². The molecule has 0 atom stereocenters. The third-order valence-corrected chi connectivity index (χ3v) is 6.66. The Morgan fingerprint density at radius 2 is 1.66 bits per heavy atom. The number of hydrogen-bond acceptors (Lipinski definition) is 5. The number of phenolic OH excluding ortho intramolecular Hbond substituents is 1. The van der Waals surface area contributed by atoms with E-state index >= 15 is 0 Å². The first-order valence-electron chi connectivity index (χ1n) is 11.0. The lowest BCUT2D eigenvalue weighted by molar-refractivity contribution is 0.477. The summed E-state index contributed by atoms with van der Waals surface area (Å²) < 4.78 is 17.5. The topological polar surface area (TPSA) is 75.3 Å². The zero-order valence-electron chi connectivity index (χ0n) is 18.8. The Morgan fingerprint density at radius 1 is 1.00 bits per heavy atom. The highest BCUT2D eigenvalue weighted by molar-refractivity contribution is 6.38. The molecule has 0 spiro atoms. The number of halogens is 3. The number of nitrogens with zero attached hydrogens (tertiary/aromatic N) is 4. The first-order valence-corrected chi connectivity index (χ1v) is 11.8. The Morgan fingerprint density at radius 3 is 2.29 bits per heavy atom. The monoisotopic (exact) mass is 513 g/mol. The standard InChI is InChI=1S/C25H22Cl2FN5O2/c1-31-8-9-33(25(31)35)23-20(26)10-16(11-21(23)27)19-14-17(28)13-18(24(19)34)15-2-3-30-22(12-15)32-6-4-29-5-7-32/h2-3,8-14,29,34H,4-7H2,1H3. The van der Waals surface area contributed by atoms with Crippen molar-refractivity contribution in [1.82, 2.24) is 19.4 Å². The summed E-state index contributed by atoms with van der Waals surface area (Å²) in [6.45, 7) is 3.33. The number of phenols is 1. The molecule has 1 aliphatic heterocycles. The van der Waals surface area contributed by atoms with Crippen molar-refractivity contribution in [1.29, 1.82) is 0 Å². The van der Waals surface area contributed by atoms with Gasteiger partial charge in [-0.2, -0.15) is 0 Å². The first kappa shape index (κ1) is 23.4. The smallest absolute Gasteiger partial charge is 0.332 e. The molecule has 1 fully saturated rings. The van der Waals surface area contributed by atoms with Crippen LogP contribution in [0.5, 0.6) is 5.75 Å². The Hall–Kier alpha value is -3.33. The molecular weight excluding hydrogens is 492 g/mol. The number of benzene rings is 2. The molecule has 2 N–H and O–H groups in total. The number of anilines is 1. The highest BCUT2D eigenvalue weighted by Crippen LogP contribution is 2.42. The van der Waals surface area contributed by atoms with Gasteiger partial charge in [0.1, 0.15) is 17.4 Å². The van der Waals surface area contributed by atoms with Gasteiger partial charge in [-0.25, -0.2) is 14.2 Å². The molecule has 7 nitrogen and oxygen atoms in total. The third-order valence-electron chi connectivity index (χ3n) is 6.09. The van der Waals surface area contributed by atoms with E-state index in [2.05, 4.69) is 15.2 Å². The van der Waals surface area contributed by atoms with E-state index in [1.807, 2.05) is 6.07 Å². The van der Waals surface area contributed by atoms with Crippen LogP contribution in [-0.2, 0) is 7.05 Å². The predicted molar refractivity (Wildman–Crippen MR) is 136 cm³/mol. The molecule has 2 aromatic carbocycles. The van der Waals surface area contributed by atoms with Crippen molar-refractivity contribution in [2.24, 2.45) is 7.05 Å². The average molecular weight is 514 g/mol. The predicted octanol–water partition coefficient (Wildman–Crippen LogP) is 4.47. The lowest BCUT2D eigenvalue weighted by atomic mass is 9.97. The summed E-state index contributed by atoms with van der Waals surface area (Å²) in [5.41, 5.74) is 1.62. The number of aromatic hydroxyl groups is 1. The number of piperazine rings is 1. The molecule has 0 bridgehead atoms. The van der Waals surface area contributed by atoms with Crippen LogP contribution in [0.4, 0.5) is 10.2 Å². The SMILES string of the molecule is Cn1ccn(-c2c(Cl)cc(-c3cc(F)cc(-c4ccnc(N5CCNCC5)c4)c3O)cc2Cl)c1=O. The fourth-order valence-corrected chi connectivity index (χ4v) is 4.95. The molecule has 4 aromatic rings. The van der Waals surface area contributed by atoms with Gasteiger partial charge in [0.2, 0.25) is 0 Å². The van der Waals surface area contributed by atoms with E-state index in [9.17, 15) is 14.3 Å². The zero-order chi connectivity index (χ0) is 24.7. The number of aryl methyl sites for hydroxylation is 1. The molecule has 10 heteroatoms. The molecule has 35 heavy (non-hydrogen) atoms. The van der Waals surface area contributed by atoms with E-state index in [0.717, 1.165) is 32.0 Å². The minimum Gasteiger partial charge on any atom is -0.507 e. The van der Waals surface area contributed by atoms with E-state index in [1.54, 1.807) is 43.8 Å². The fraction of sp³-hybridized carbons (Fsp3) is 0.200. The van der Waals surface area contributed by atoms with E-state index in [4.69, 9.17) is 23.2 Å². The normalized spacial score (nSPS) is 13.9. The van der Waals surface area contributed by atoms with Crippen LogP contribution in [0.1, 0.15) is 0 Å².